The molecule has 0 aromatic heterocycles. The first kappa shape index (κ1) is 56.0. The highest BCUT2D eigenvalue weighted by Gasteiger charge is 2.52. The SMILES string of the molecule is CCCCCCCC(CCCCC)CCCCC(=O)OCCCC1(C)CC2CC(C)(CCCO)CC(CCCOC(=O)CCCCC(CCCCC)CCCCCCC)(C2)C1. The van der Waals surface area contributed by atoms with Crippen LogP contribution in [-0.2, 0) is 19.1 Å². The van der Waals surface area contributed by atoms with E-state index in [2.05, 4.69) is 41.5 Å². The molecule has 1 N–H and O–H groups in total. The molecule has 6 atom stereocenters. The quantitative estimate of drug-likeness (QED) is 0.0490. The standard InChI is InChI=1S/C56H106O5/c1-7-11-15-17-21-32-49(30-19-13-9-3)34-23-25-36-52(58)60-42-28-39-55(6)45-51-44-54(5,38-27-41-57)47-56(46-51,48-55)40-29-43-61-53(59)37-26-24-35-50(31-20-14-10-4)33-22-18-16-12-8-2/h49-51,57H,7-48H2,1-6H3. The number of fused-ring (bicyclic) bond motifs is 2. The van der Waals surface area contributed by atoms with Gasteiger partial charge in [-0.15, -0.1) is 0 Å². The molecule has 360 valence electrons. The lowest BCUT2D eigenvalue weighted by Crippen LogP contribution is -2.47. The van der Waals surface area contributed by atoms with E-state index in [-0.39, 0.29) is 34.8 Å². The molecule has 2 fully saturated rings. The highest BCUT2D eigenvalue weighted by Crippen LogP contribution is 2.64. The number of ether oxygens (including phenoxy) is 2. The summed E-state index contributed by atoms with van der Waals surface area (Å²) in [6, 6.07) is 0. The van der Waals surface area contributed by atoms with Crippen molar-refractivity contribution in [2.75, 3.05) is 19.8 Å². The molecular formula is C56H106O5. The van der Waals surface area contributed by atoms with Crippen molar-refractivity contribution >= 4 is 11.9 Å². The molecule has 5 nitrogen and oxygen atoms in total. The van der Waals surface area contributed by atoms with Crippen molar-refractivity contribution in [1.29, 1.82) is 0 Å². The van der Waals surface area contributed by atoms with Gasteiger partial charge in [-0.25, -0.2) is 0 Å². The fraction of sp³-hybridized carbons (Fsp3) is 0.964. The van der Waals surface area contributed by atoms with Gasteiger partial charge in [-0.3, -0.25) is 9.59 Å². The second-order valence-corrected chi connectivity index (χ2v) is 22.0. The summed E-state index contributed by atoms with van der Waals surface area (Å²) in [5.74, 6) is 2.35. The fourth-order valence-corrected chi connectivity index (χ4v) is 12.7. The fourth-order valence-electron chi connectivity index (χ4n) is 12.7. The summed E-state index contributed by atoms with van der Waals surface area (Å²) < 4.78 is 11.7. The lowest BCUT2D eigenvalue weighted by molar-refractivity contribution is -0.144. The van der Waals surface area contributed by atoms with Crippen molar-refractivity contribution in [2.45, 2.75) is 292 Å². The zero-order valence-electron chi connectivity index (χ0n) is 42.0. The maximum absolute atomic E-state index is 12.9. The van der Waals surface area contributed by atoms with Gasteiger partial charge in [-0.1, -0.05) is 196 Å². The summed E-state index contributed by atoms with van der Waals surface area (Å²) in [5.41, 5.74) is 0.779. The van der Waals surface area contributed by atoms with Gasteiger partial charge >= 0.3 is 11.9 Å². The molecule has 0 radical (unpaired) electrons. The van der Waals surface area contributed by atoms with Crippen molar-refractivity contribution in [3.05, 3.63) is 0 Å². The molecule has 2 aliphatic rings. The third kappa shape index (κ3) is 26.5. The molecule has 2 rings (SSSR count). The monoisotopic (exact) mass is 859 g/mol. The molecule has 0 saturated heterocycles. The van der Waals surface area contributed by atoms with E-state index in [0.29, 0.717) is 32.0 Å². The van der Waals surface area contributed by atoms with Gasteiger partial charge in [-0.2, -0.15) is 0 Å². The molecule has 6 unspecified atom stereocenters. The van der Waals surface area contributed by atoms with E-state index in [1.54, 1.807) is 0 Å². The summed E-state index contributed by atoms with van der Waals surface area (Å²) >= 11 is 0. The number of hydrogen-bond acceptors (Lipinski definition) is 5. The average Bonchev–Trinajstić information content (AvgIpc) is 3.22. The number of unbranched alkanes of at least 4 members (excludes halogenated alkanes) is 14. The first-order chi connectivity index (χ1) is 29.5. The number of carbonyl (C=O) groups excluding carboxylic acids is 2. The van der Waals surface area contributed by atoms with E-state index < -0.39 is 0 Å². The Morgan fingerprint density at radius 1 is 0.475 bits per heavy atom. The first-order valence-electron chi connectivity index (χ1n) is 27.5. The van der Waals surface area contributed by atoms with Gasteiger partial charge in [0.15, 0.2) is 0 Å². The van der Waals surface area contributed by atoms with Crippen molar-refractivity contribution in [1.82, 2.24) is 0 Å². The van der Waals surface area contributed by atoms with Crippen molar-refractivity contribution < 1.29 is 24.2 Å². The molecule has 2 saturated carbocycles. The Bertz CT molecular complexity index is 1070. The molecule has 2 aliphatic carbocycles. The van der Waals surface area contributed by atoms with Crippen LogP contribution in [0.25, 0.3) is 0 Å². The highest BCUT2D eigenvalue weighted by atomic mass is 16.5. The molecular weight excluding hydrogens is 753 g/mol. The van der Waals surface area contributed by atoms with Crippen molar-refractivity contribution in [3.8, 4) is 0 Å². The lowest BCUT2D eigenvalue weighted by atomic mass is 9.47. The van der Waals surface area contributed by atoms with E-state index in [9.17, 15) is 14.7 Å². The number of rotatable bonds is 41. The van der Waals surface area contributed by atoms with Gasteiger partial charge in [0, 0.05) is 19.4 Å². The van der Waals surface area contributed by atoms with Crippen LogP contribution in [0.5, 0.6) is 0 Å². The third-order valence-electron chi connectivity index (χ3n) is 15.5. The van der Waals surface area contributed by atoms with Gasteiger partial charge in [-0.05, 0) is 117 Å². The predicted molar refractivity (Wildman–Crippen MR) is 261 cm³/mol. The normalized spacial score (nSPS) is 23.5. The highest BCUT2D eigenvalue weighted by molar-refractivity contribution is 5.69. The van der Waals surface area contributed by atoms with Crippen LogP contribution in [0.15, 0.2) is 0 Å². The average molecular weight is 859 g/mol. The zero-order chi connectivity index (χ0) is 44.5. The van der Waals surface area contributed by atoms with E-state index >= 15 is 0 Å². The van der Waals surface area contributed by atoms with Crippen molar-refractivity contribution in [2.24, 2.45) is 34.0 Å². The van der Waals surface area contributed by atoms with Gasteiger partial charge in [0.2, 0.25) is 0 Å². The van der Waals surface area contributed by atoms with Crippen molar-refractivity contribution in [3.63, 3.8) is 0 Å². The smallest absolute Gasteiger partial charge is 0.305 e. The van der Waals surface area contributed by atoms with Crippen LogP contribution in [0.1, 0.15) is 292 Å². The summed E-state index contributed by atoms with van der Waals surface area (Å²) in [6.07, 6.45) is 47.3. The first-order valence-corrected chi connectivity index (χ1v) is 27.5. The third-order valence-corrected chi connectivity index (χ3v) is 15.5. The second-order valence-electron chi connectivity index (χ2n) is 22.0. The maximum Gasteiger partial charge on any atom is 0.305 e. The largest absolute Gasteiger partial charge is 0.466 e. The summed E-state index contributed by atoms with van der Waals surface area (Å²) in [6.45, 7) is 15.5. The zero-order valence-corrected chi connectivity index (χ0v) is 42.0. The summed E-state index contributed by atoms with van der Waals surface area (Å²) in [5, 5.41) is 9.74. The summed E-state index contributed by atoms with van der Waals surface area (Å²) in [7, 11) is 0. The number of aliphatic hydroxyl groups excluding tert-OH is 1. The van der Waals surface area contributed by atoms with E-state index in [0.717, 1.165) is 76.0 Å². The minimum absolute atomic E-state index is 0.00166. The Hall–Kier alpha value is -1.10. The molecule has 5 heteroatoms. The minimum atomic E-state index is -0.00305. The Balaban J connectivity index is 1.79. The van der Waals surface area contributed by atoms with Crippen LogP contribution < -0.4 is 0 Å². The Kier molecular flexibility index (Phi) is 31.5. The topological polar surface area (TPSA) is 72.8 Å². The molecule has 0 amide bonds. The van der Waals surface area contributed by atoms with E-state index in [1.165, 1.54) is 173 Å². The molecule has 0 aliphatic heterocycles. The maximum atomic E-state index is 12.9. The molecule has 2 bridgehead atoms. The van der Waals surface area contributed by atoms with Gasteiger partial charge in [0.25, 0.3) is 0 Å². The Morgan fingerprint density at radius 2 is 0.836 bits per heavy atom. The van der Waals surface area contributed by atoms with Crippen LogP contribution in [0.4, 0.5) is 0 Å². The van der Waals surface area contributed by atoms with E-state index in [4.69, 9.17) is 9.47 Å². The van der Waals surface area contributed by atoms with Gasteiger partial charge in [0.05, 0.1) is 13.2 Å². The second kappa shape index (κ2) is 34.3. The number of aliphatic hydroxyl groups is 1. The van der Waals surface area contributed by atoms with Crippen LogP contribution in [0, 0.1) is 34.0 Å². The van der Waals surface area contributed by atoms with E-state index in [1.807, 2.05) is 0 Å². The number of hydrogen-bond donors (Lipinski definition) is 1. The Morgan fingerprint density at radius 3 is 1.26 bits per heavy atom. The number of carbonyl (C=O) groups is 2. The van der Waals surface area contributed by atoms with Crippen LogP contribution >= 0.6 is 0 Å². The van der Waals surface area contributed by atoms with Crippen LogP contribution in [-0.4, -0.2) is 36.9 Å². The molecule has 0 spiro atoms. The number of esters is 2. The van der Waals surface area contributed by atoms with Gasteiger partial charge in [0.1, 0.15) is 0 Å². The molecule has 0 aromatic rings. The van der Waals surface area contributed by atoms with Gasteiger partial charge < -0.3 is 14.6 Å². The van der Waals surface area contributed by atoms with Crippen LogP contribution in [0.3, 0.4) is 0 Å². The minimum Gasteiger partial charge on any atom is -0.466 e. The molecule has 61 heavy (non-hydrogen) atoms. The lowest BCUT2D eigenvalue weighted by Gasteiger charge is -2.58. The molecule has 0 heterocycles. The molecule has 0 aromatic carbocycles. The Labute approximate surface area is 380 Å². The van der Waals surface area contributed by atoms with Crippen LogP contribution in [0.2, 0.25) is 0 Å². The predicted octanol–water partition coefficient (Wildman–Crippen LogP) is 17.2. The summed E-state index contributed by atoms with van der Waals surface area (Å²) in [4.78, 5) is 25.7.